The number of carboxylic acid groups (broad SMARTS) is 1. The quantitative estimate of drug-likeness (QED) is 0.843. The van der Waals surface area contributed by atoms with E-state index in [2.05, 4.69) is 5.32 Å². The van der Waals surface area contributed by atoms with Crippen molar-refractivity contribution in [2.45, 2.75) is 50.8 Å². The van der Waals surface area contributed by atoms with E-state index in [0.717, 1.165) is 17.9 Å². The maximum Gasteiger partial charge on any atom is 0.324 e. The molecule has 1 aliphatic rings. The van der Waals surface area contributed by atoms with Crippen molar-refractivity contribution < 1.29 is 19.4 Å². The molecule has 1 aliphatic carbocycles. The zero-order valence-corrected chi connectivity index (χ0v) is 12.8. The first-order valence-corrected chi connectivity index (χ1v) is 7.27. The third kappa shape index (κ3) is 3.67. The Bertz CT molecular complexity index is 486. The first-order chi connectivity index (χ1) is 9.95. The Hall–Kier alpha value is -1.75. The van der Waals surface area contributed by atoms with Crippen molar-refractivity contribution in [2.24, 2.45) is 0 Å². The topological polar surface area (TPSA) is 67.8 Å². The predicted molar refractivity (Wildman–Crippen MR) is 79.9 cm³/mol. The molecule has 1 saturated carbocycles. The van der Waals surface area contributed by atoms with Crippen molar-refractivity contribution in [3.05, 3.63) is 24.3 Å². The zero-order chi connectivity index (χ0) is 15.5. The number of benzene rings is 1. The molecule has 2 N–H and O–H groups in total. The molecule has 21 heavy (non-hydrogen) atoms. The molecular formula is C16H23NO4. The number of nitrogens with one attached hydrogen (secondary N) is 1. The third-order valence-corrected chi connectivity index (χ3v) is 3.81. The number of carboxylic acids is 1. The minimum atomic E-state index is -0.870. The van der Waals surface area contributed by atoms with E-state index in [1.54, 1.807) is 7.11 Å². The van der Waals surface area contributed by atoms with Gasteiger partial charge in [0.25, 0.3) is 0 Å². The highest BCUT2D eigenvalue weighted by atomic mass is 16.5. The maximum absolute atomic E-state index is 11.6. The fourth-order valence-electron chi connectivity index (χ4n) is 2.89. The highest BCUT2D eigenvalue weighted by Gasteiger charge is 2.46. The first kappa shape index (κ1) is 15.6. The Balaban J connectivity index is 2.01. The van der Waals surface area contributed by atoms with E-state index in [1.165, 1.54) is 0 Å². The van der Waals surface area contributed by atoms with Crippen LogP contribution in [0.5, 0.6) is 11.5 Å². The molecule has 1 aromatic carbocycles. The van der Waals surface area contributed by atoms with Crippen LogP contribution < -0.4 is 14.8 Å². The van der Waals surface area contributed by atoms with Gasteiger partial charge in [-0.25, -0.2) is 0 Å². The van der Waals surface area contributed by atoms with E-state index < -0.39 is 11.5 Å². The summed E-state index contributed by atoms with van der Waals surface area (Å²) in [5.41, 5.74) is -0.870. The molecule has 2 unspecified atom stereocenters. The van der Waals surface area contributed by atoms with E-state index in [9.17, 15) is 9.90 Å². The van der Waals surface area contributed by atoms with Gasteiger partial charge in [0.2, 0.25) is 0 Å². The minimum Gasteiger partial charge on any atom is -0.497 e. The summed E-state index contributed by atoms with van der Waals surface area (Å²) in [6.45, 7) is 3.92. The standard InChI is InChI=1S/C16H23NO4/c1-11(2)17-16(15(18)19)9-8-14(10-16)21-13-6-4-12(20-3)5-7-13/h4-7,11,14,17H,8-10H2,1-3H3,(H,18,19). The lowest BCUT2D eigenvalue weighted by Gasteiger charge is -2.28. The van der Waals surface area contributed by atoms with Crippen LogP contribution in [0, 0.1) is 0 Å². The van der Waals surface area contributed by atoms with Gasteiger partial charge in [-0.15, -0.1) is 0 Å². The summed E-state index contributed by atoms with van der Waals surface area (Å²) < 4.78 is 11.0. The summed E-state index contributed by atoms with van der Waals surface area (Å²) in [5.74, 6) is 0.721. The first-order valence-electron chi connectivity index (χ1n) is 7.27. The van der Waals surface area contributed by atoms with E-state index in [4.69, 9.17) is 9.47 Å². The normalized spacial score (nSPS) is 25.0. The Morgan fingerprint density at radius 3 is 2.48 bits per heavy atom. The number of hydrogen-bond donors (Lipinski definition) is 2. The van der Waals surface area contributed by atoms with E-state index in [1.807, 2.05) is 38.1 Å². The van der Waals surface area contributed by atoms with E-state index in [0.29, 0.717) is 12.8 Å². The number of ether oxygens (including phenoxy) is 2. The molecule has 2 rings (SSSR count). The van der Waals surface area contributed by atoms with Gasteiger partial charge in [0.1, 0.15) is 23.1 Å². The van der Waals surface area contributed by atoms with Crippen molar-refractivity contribution in [3.8, 4) is 11.5 Å². The third-order valence-electron chi connectivity index (χ3n) is 3.81. The Labute approximate surface area is 125 Å². The summed E-state index contributed by atoms with van der Waals surface area (Å²) >= 11 is 0. The molecule has 116 valence electrons. The fourth-order valence-corrected chi connectivity index (χ4v) is 2.89. The summed E-state index contributed by atoms with van der Waals surface area (Å²) in [4.78, 5) is 11.6. The number of methoxy groups -OCH3 is 1. The van der Waals surface area contributed by atoms with Crippen LogP contribution in [0.1, 0.15) is 33.1 Å². The zero-order valence-electron chi connectivity index (χ0n) is 12.8. The highest BCUT2D eigenvalue weighted by Crippen LogP contribution is 2.34. The number of rotatable bonds is 6. The molecule has 0 aliphatic heterocycles. The molecule has 0 aromatic heterocycles. The molecule has 0 amide bonds. The van der Waals surface area contributed by atoms with Crippen LogP contribution in [0.4, 0.5) is 0 Å². The average molecular weight is 293 g/mol. The van der Waals surface area contributed by atoms with Crippen molar-refractivity contribution in [3.63, 3.8) is 0 Å². The molecule has 0 bridgehead atoms. The van der Waals surface area contributed by atoms with E-state index >= 15 is 0 Å². The van der Waals surface area contributed by atoms with Crippen LogP contribution in [0.25, 0.3) is 0 Å². The second kappa shape index (κ2) is 6.35. The number of carbonyl (C=O) groups is 1. The predicted octanol–water partition coefficient (Wildman–Crippen LogP) is 2.45. The van der Waals surface area contributed by atoms with Gasteiger partial charge < -0.3 is 14.6 Å². The van der Waals surface area contributed by atoms with Crippen LogP contribution in [0.3, 0.4) is 0 Å². The van der Waals surface area contributed by atoms with Gasteiger partial charge in [-0.05, 0) is 51.0 Å². The largest absolute Gasteiger partial charge is 0.497 e. The molecule has 0 saturated heterocycles. The fraction of sp³-hybridized carbons (Fsp3) is 0.562. The van der Waals surface area contributed by atoms with Gasteiger partial charge in [-0.2, -0.15) is 0 Å². The lowest BCUT2D eigenvalue weighted by molar-refractivity contribution is -0.145. The van der Waals surface area contributed by atoms with Crippen LogP contribution in [0.15, 0.2) is 24.3 Å². The molecular weight excluding hydrogens is 270 g/mol. The average Bonchev–Trinajstić information content (AvgIpc) is 2.83. The molecule has 1 aromatic rings. The van der Waals surface area contributed by atoms with Crippen molar-refractivity contribution in [2.75, 3.05) is 7.11 Å². The van der Waals surface area contributed by atoms with Gasteiger partial charge in [0.15, 0.2) is 0 Å². The molecule has 2 atom stereocenters. The van der Waals surface area contributed by atoms with Gasteiger partial charge in [0, 0.05) is 12.5 Å². The summed E-state index contributed by atoms with van der Waals surface area (Å²) in [6, 6.07) is 7.48. The molecule has 0 spiro atoms. The van der Waals surface area contributed by atoms with Gasteiger partial charge in [-0.3, -0.25) is 10.1 Å². The smallest absolute Gasteiger partial charge is 0.324 e. The van der Waals surface area contributed by atoms with Crippen LogP contribution >= 0.6 is 0 Å². The maximum atomic E-state index is 11.6. The van der Waals surface area contributed by atoms with Gasteiger partial charge >= 0.3 is 5.97 Å². The van der Waals surface area contributed by atoms with Crippen LogP contribution in [-0.4, -0.2) is 35.9 Å². The monoisotopic (exact) mass is 293 g/mol. The van der Waals surface area contributed by atoms with Crippen molar-refractivity contribution >= 4 is 5.97 Å². The molecule has 0 radical (unpaired) electrons. The summed E-state index contributed by atoms with van der Waals surface area (Å²) in [6.07, 6.45) is 1.71. The van der Waals surface area contributed by atoms with E-state index in [-0.39, 0.29) is 12.1 Å². The Kier molecular flexibility index (Phi) is 4.73. The highest BCUT2D eigenvalue weighted by molar-refractivity contribution is 5.79. The van der Waals surface area contributed by atoms with Crippen LogP contribution in [-0.2, 0) is 4.79 Å². The molecule has 0 heterocycles. The second-order valence-electron chi connectivity index (χ2n) is 5.84. The lowest BCUT2D eigenvalue weighted by Crippen LogP contribution is -2.53. The van der Waals surface area contributed by atoms with Crippen molar-refractivity contribution in [1.82, 2.24) is 5.32 Å². The second-order valence-corrected chi connectivity index (χ2v) is 5.84. The van der Waals surface area contributed by atoms with Crippen molar-refractivity contribution in [1.29, 1.82) is 0 Å². The Morgan fingerprint density at radius 2 is 1.95 bits per heavy atom. The lowest BCUT2D eigenvalue weighted by atomic mass is 9.96. The minimum absolute atomic E-state index is 0.0826. The molecule has 1 fully saturated rings. The van der Waals surface area contributed by atoms with Crippen LogP contribution in [0.2, 0.25) is 0 Å². The Morgan fingerprint density at radius 1 is 1.33 bits per heavy atom. The van der Waals surface area contributed by atoms with Gasteiger partial charge in [0.05, 0.1) is 7.11 Å². The number of hydrogen-bond acceptors (Lipinski definition) is 4. The molecule has 5 nitrogen and oxygen atoms in total. The SMILES string of the molecule is COc1ccc(OC2CCC(NC(C)C)(C(=O)O)C2)cc1. The van der Waals surface area contributed by atoms with Gasteiger partial charge in [-0.1, -0.05) is 0 Å². The summed E-state index contributed by atoms with van der Waals surface area (Å²) in [5, 5.41) is 12.7. The molecule has 5 heteroatoms. The number of aliphatic carboxylic acids is 1. The summed E-state index contributed by atoms with van der Waals surface area (Å²) in [7, 11) is 1.62.